The molecule has 0 aromatic heterocycles. The summed E-state index contributed by atoms with van der Waals surface area (Å²) in [7, 11) is 0. The average Bonchev–Trinajstić information content (AvgIpc) is 2.58. The number of nitrogens with one attached hydrogen (secondary N) is 1. The second kappa shape index (κ2) is 8.41. The van der Waals surface area contributed by atoms with Crippen molar-refractivity contribution >= 4 is 5.69 Å². The fourth-order valence-electron chi connectivity index (χ4n) is 2.41. The van der Waals surface area contributed by atoms with Crippen LogP contribution >= 0.6 is 0 Å². The Kier molecular flexibility index (Phi) is 6.26. The van der Waals surface area contributed by atoms with Crippen molar-refractivity contribution in [3.63, 3.8) is 0 Å². The van der Waals surface area contributed by atoms with Gasteiger partial charge in [0.05, 0.1) is 11.0 Å². The molecular weight excluding hydrogens is 292 g/mol. The third kappa shape index (κ3) is 5.47. The van der Waals surface area contributed by atoms with Gasteiger partial charge in [-0.1, -0.05) is 42.5 Å². The van der Waals surface area contributed by atoms with Crippen LogP contribution in [0.1, 0.15) is 30.6 Å². The monoisotopic (exact) mass is 314 g/mol. The molecule has 0 saturated heterocycles. The molecule has 122 valence electrons. The lowest BCUT2D eigenvalue weighted by atomic mass is 10.1. The van der Waals surface area contributed by atoms with Crippen LogP contribution in [0.15, 0.2) is 54.6 Å². The number of hydrogen-bond acceptors (Lipinski definition) is 4. The summed E-state index contributed by atoms with van der Waals surface area (Å²) in [5, 5.41) is 24.2. The molecule has 0 aliphatic rings. The molecule has 2 aromatic carbocycles. The van der Waals surface area contributed by atoms with E-state index in [1.807, 2.05) is 18.2 Å². The molecule has 2 N–H and O–H groups in total. The quantitative estimate of drug-likeness (QED) is 0.579. The van der Waals surface area contributed by atoms with Crippen molar-refractivity contribution in [2.75, 3.05) is 6.54 Å². The van der Waals surface area contributed by atoms with Crippen molar-refractivity contribution in [1.82, 2.24) is 5.32 Å². The number of rotatable bonds is 8. The lowest BCUT2D eigenvalue weighted by molar-refractivity contribution is -0.385. The van der Waals surface area contributed by atoms with Gasteiger partial charge in [0.15, 0.2) is 0 Å². The predicted octanol–water partition coefficient (Wildman–Crippen LogP) is 3.24. The van der Waals surface area contributed by atoms with Crippen molar-refractivity contribution in [1.29, 1.82) is 0 Å². The van der Waals surface area contributed by atoms with Crippen molar-refractivity contribution in [2.45, 2.75) is 31.9 Å². The molecule has 0 spiro atoms. The summed E-state index contributed by atoms with van der Waals surface area (Å²) < 4.78 is 0. The van der Waals surface area contributed by atoms with Gasteiger partial charge in [-0.15, -0.1) is 0 Å². The highest BCUT2D eigenvalue weighted by molar-refractivity contribution is 5.35. The van der Waals surface area contributed by atoms with Gasteiger partial charge < -0.3 is 10.4 Å². The Morgan fingerprint density at radius 3 is 2.61 bits per heavy atom. The highest BCUT2D eigenvalue weighted by Crippen LogP contribution is 2.19. The number of aryl methyl sites for hydroxylation is 1. The third-order valence-corrected chi connectivity index (χ3v) is 3.83. The van der Waals surface area contributed by atoms with E-state index in [-0.39, 0.29) is 11.7 Å². The van der Waals surface area contributed by atoms with Crippen LogP contribution in [0.3, 0.4) is 0 Å². The number of hydrogen-bond donors (Lipinski definition) is 2. The van der Waals surface area contributed by atoms with Gasteiger partial charge in [0.25, 0.3) is 5.69 Å². The van der Waals surface area contributed by atoms with E-state index in [2.05, 4.69) is 24.4 Å². The Morgan fingerprint density at radius 1 is 1.17 bits per heavy atom. The topological polar surface area (TPSA) is 75.4 Å². The molecule has 2 atom stereocenters. The van der Waals surface area contributed by atoms with E-state index >= 15 is 0 Å². The van der Waals surface area contributed by atoms with Crippen LogP contribution in [0, 0.1) is 10.1 Å². The average molecular weight is 314 g/mol. The first-order valence-corrected chi connectivity index (χ1v) is 7.76. The van der Waals surface area contributed by atoms with Gasteiger partial charge in [0, 0.05) is 24.7 Å². The first-order chi connectivity index (χ1) is 11.1. The van der Waals surface area contributed by atoms with Gasteiger partial charge in [0.2, 0.25) is 0 Å². The van der Waals surface area contributed by atoms with Gasteiger partial charge in [0.1, 0.15) is 0 Å². The summed E-state index contributed by atoms with van der Waals surface area (Å²) in [6.45, 7) is 2.44. The number of aliphatic hydroxyl groups excluding tert-OH is 1. The summed E-state index contributed by atoms with van der Waals surface area (Å²) in [6, 6.07) is 16.6. The van der Waals surface area contributed by atoms with Crippen LogP contribution in [0.25, 0.3) is 0 Å². The van der Waals surface area contributed by atoms with E-state index < -0.39 is 11.0 Å². The minimum atomic E-state index is -0.755. The molecule has 0 heterocycles. The van der Waals surface area contributed by atoms with Gasteiger partial charge in [-0.3, -0.25) is 10.1 Å². The largest absolute Gasteiger partial charge is 0.387 e. The third-order valence-electron chi connectivity index (χ3n) is 3.83. The van der Waals surface area contributed by atoms with Crippen LogP contribution < -0.4 is 5.32 Å². The van der Waals surface area contributed by atoms with Crippen molar-refractivity contribution in [3.8, 4) is 0 Å². The van der Waals surface area contributed by atoms with Gasteiger partial charge in [-0.25, -0.2) is 0 Å². The molecule has 2 aromatic rings. The molecular formula is C18H22N2O3. The molecule has 5 nitrogen and oxygen atoms in total. The summed E-state index contributed by atoms with van der Waals surface area (Å²) in [5.41, 5.74) is 1.85. The van der Waals surface area contributed by atoms with Crippen LogP contribution in [0.4, 0.5) is 5.69 Å². The molecule has 0 unspecified atom stereocenters. The molecule has 23 heavy (non-hydrogen) atoms. The number of aliphatic hydroxyl groups is 1. The number of nitro benzene ring substituents is 1. The lowest BCUT2D eigenvalue weighted by Gasteiger charge is -2.17. The van der Waals surface area contributed by atoms with Gasteiger partial charge in [-0.05, 0) is 30.9 Å². The highest BCUT2D eigenvalue weighted by atomic mass is 16.6. The minimum Gasteiger partial charge on any atom is -0.387 e. The molecule has 0 saturated carbocycles. The van der Waals surface area contributed by atoms with Gasteiger partial charge in [-0.2, -0.15) is 0 Å². The smallest absolute Gasteiger partial charge is 0.269 e. The Labute approximate surface area is 136 Å². The zero-order valence-electron chi connectivity index (χ0n) is 13.2. The number of benzene rings is 2. The first-order valence-electron chi connectivity index (χ1n) is 7.76. The number of nitrogens with zero attached hydrogens (tertiary/aromatic N) is 1. The van der Waals surface area contributed by atoms with Crippen LogP contribution in [0.2, 0.25) is 0 Å². The summed E-state index contributed by atoms with van der Waals surface area (Å²) >= 11 is 0. The van der Waals surface area contributed by atoms with Crippen molar-refractivity contribution < 1.29 is 10.0 Å². The summed E-state index contributed by atoms with van der Waals surface area (Å²) in [6.07, 6.45) is 1.18. The van der Waals surface area contributed by atoms with E-state index in [0.29, 0.717) is 12.1 Å². The van der Waals surface area contributed by atoms with E-state index in [4.69, 9.17) is 0 Å². The van der Waals surface area contributed by atoms with E-state index in [0.717, 1.165) is 12.8 Å². The molecule has 0 fully saturated rings. The van der Waals surface area contributed by atoms with E-state index in [9.17, 15) is 15.2 Å². The SMILES string of the molecule is C[C@@H](CCc1ccccc1)NC[C@H](O)c1cccc([N+](=O)[O-])c1. The van der Waals surface area contributed by atoms with Crippen LogP contribution in [-0.2, 0) is 6.42 Å². The second-order valence-electron chi connectivity index (χ2n) is 5.70. The molecule has 0 amide bonds. The molecule has 0 aliphatic carbocycles. The minimum absolute atomic E-state index is 0.00123. The molecule has 5 heteroatoms. The standard InChI is InChI=1S/C18H22N2O3/c1-14(10-11-15-6-3-2-4-7-15)19-13-18(21)16-8-5-9-17(12-16)20(22)23/h2-9,12,14,18-19,21H,10-11,13H2,1H3/t14-,18-/m0/s1. The lowest BCUT2D eigenvalue weighted by Crippen LogP contribution is -2.30. The van der Waals surface area contributed by atoms with Crippen LogP contribution in [0.5, 0.6) is 0 Å². The molecule has 0 aliphatic heterocycles. The Hall–Kier alpha value is -2.24. The fraction of sp³-hybridized carbons (Fsp3) is 0.333. The Morgan fingerprint density at radius 2 is 1.91 bits per heavy atom. The second-order valence-corrected chi connectivity index (χ2v) is 5.70. The number of non-ortho nitro benzene ring substituents is 1. The molecule has 2 rings (SSSR count). The summed E-state index contributed by atoms with van der Waals surface area (Å²) in [5.74, 6) is 0. The van der Waals surface area contributed by atoms with Crippen LogP contribution in [-0.4, -0.2) is 22.6 Å². The van der Waals surface area contributed by atoms with Crippen molar-refractivity contribution in [2.24, 2.45) is 0 Å². The zero-order chi connectivity index (χ0) is 16.7. The number of nitro groups is 1. The zero-order valence-corrected chi connectivity index (χ0v) is 13.2. The van der Waals surface area contributed by atoms with Crippen molar-refractivity contribution in [3.05, 3.63) is 75.8 Å². The summed E-state index contributed by atoms with van der Waals surface area (Å²) in [4.78, 5) is 10.3. The fourth-order valence-corrected chi connectivity index (χ4v) is 2.41. The Balaban J connectivity index is 1.80. The normalized spacial score (nSPS) is 13.5. The first kappa shape index (κ1) is 17.1. The maximum atomic E-state index is 10.8. The Bertz CT molecular complexity index is 631. The maximum absolute atomic E-state index is 10.8. The highest BCUT2D eigenvalue weighted by Gasteiger charge is 2.13. The predicted molar refractivity (Wildman–Crippen MR) is 90.3 cm³/mol. The molecule has 0 radical (unpaired) electrons. The van der Waals surface area contributed by atoms with Gasteiger partial charge >= 0.3 is 0 Å². The van der Waals surface area contributed by atoms with E-state index in [1.165, 1.54) is 17.7 Å². The maximum Gasteiger partial charge on any atom is 0.269 e. The van der Waals surface area contributed by atoms with E-state index in [1.54, 1.807) is 12.1 Å². The molecule has 0 bridgehead atoms.